The molecule has 0 amide bonds. The van der Waals surface area contributed by atoms with Crippen molar-refractivity contribution in [3.05, 3.63) is 41.2 Å². The maximum absolute atomic E-state index is 12.7. The number of hydrogen-bond acceptors (Lipinski definition) is 3. The molecular formula is C13H11F3N4. The van der Waals surface area contributed by atoms with E-state index in [0.29, 0.717) is 17.1 Å². The molecule has 0 saturated carbocycles. The first-order valence-electron chi connectivity index (χ1n) is 5.70. The third kappa shape index (κ3) is 2.74. The Bertz CT molecular complexity index is 680. The van der Waals surface area contributed by atoms with Crippen LogP contribution >= 0.6 is 0 Å². The largest absolute Gasteiger partial charge is 0.417 e. The van der Waals surface area contributed by atoms with Crippen molar-refractivity contribution in [3.8, 4) is 6.07 Å². The van der Waals surface area contributed by atoms with Crippen molar-refractivity contribution in [3.63, 3.8) is 0 Å². The van der Waals surface area contributed by atoms with Gasteiger partial charge >= 0.3 is 6.18 Å². The molecule has 1 aromatic carbocycles. The fraction of sp³-hybridized carbons (Fsp3) is 0.231. The lowest BCUT2D eigenvalue weighted by Crippen LogP contribution is -2.08. The summed E-state index contributed by atoms with van der Waals surface area (Å²) in [5.41, 5.74) is 0.449. The van der Waals surface area contributed by atoms with E-state index in [-0.39, 0.29) is 0 Å². The highest BCUT2D eigenvalue weighted by atomic mass is 19.4. The van der Waals surface area contributed by atoms with Gasteiger partial charge in [0.25, 0.3) is 0 Å². The van der Waals surface area contributed by atoms with Gasteiger partial charge in [0.2, 0.25) is 0 Å². The minimum atomic E-state index is -4.53. The predicted molar refractivity (Wildman–Crippen MR) is 67.4 cm³/mol. The lowest BCUT2D eigenvalue weighted by atomic mass is 10.1. The Balaban J connectivity index is 2.36. The number of anilines is 2. The summed E-state index contributed by atoms with van der Waals surface area (Å²) < 4.78 is 39.6. The van der Waals surface area contributed by atoms with Crippen molar-refractivity contribution in [2.75, 3.05) is 5.32 Å². The Morgan fingerprint density at radius 2 is 2.05 bits per heavy atom. The molecule has 1 aromatic heterocycles. The summed E-state index contributed by atoms with van der Waals surface area (Å²) in [6, 6.07) is 4.93. The summed E-state index contributed by atoms with van der Waals surface area (Å²) in [6.45, 7) is 1.78. The van der Waals surface area contributed by atoms with E-state index in [9.17, 15) is 13.2 Å². The molecule has 0 saturated heterocycles. The zero-order valence-electron chi connectivity index (χ0n) is 10.8. The normalized spacial score (nSPS) is 11.2. The number of alkyl halides is 3. The molecule has 4 nitrogen and oxygen atoms in total. The first-order chi connectivity index (χ1) is 9.31. The molecule has 0 aliphatic carbocycles. The average Bonchev–Trinajstić information content (AvgIpc) is 2.66. The molecule has 0 unspecified atom stereocenters. The van der Waals surface area contributed by atoms with Crippen molar-refractivity contribution >= 4 is 11.4 Å². The average molecular weight is 280 g/mol. The van der Waals surface area contributed by atoms with Crippen molar-refractivity contribution in [1.82, 2.24) is 9.78 Å². The van der Waals surface area contributed by atoms with Gasteiger partial charge in [-0.05, 0) is 25.1 Å². The summed E-state index contributed by atoms with van der Waals surface area (Å²) in [5.74, 6) is 0. The van der Waals surface area contributed by atoms with Crippen molar-refractivity contribution in [2.24, 2.45) is 7.05 Å². The van der Waals surface area contributed by atoms with Crippen molar-refractivity contribution in [2.45, 2.75) is 13.1 Å². The van der Waals surface area contributed by atoms with E-state index in [0.717, 1.165) is 6.07 Å². The Labute approximate surface area is 113 Å². The highest BCUT2D eigenvalue weighted by Gasteiger charge is 2.33. The molecular weight excluding hydrogens is 269 g/mol. The van der Waals surface area contributed by atoms with Gasteiger partial charge in [-0.2, -0.15) is 23.5 Å². The number of nitrogens with zero attached hydrogens (tertiary/aromatic N) is 3. The smallest absolute Gasteiger partial charge is 0.353 e. The number of nitrogens with one attached hydrogen (secondary N) is 1. The molecule has 0 fully saturated rings. The van der Waals surface area contributed by atoms with Crippen LogP contribution in [0.5, 0.6) is 0 Å². The van der Waals surface area contributed by atoms with Gasteiger partial charge in [0.05, 0.1) is 28.6 Å². The third-order valence-corrected chi connectivity index (χ3v) is 2.74. The molecule has 1 heterocycles. The Morgan fingerprint density at radius 1 is 1.35 bits per heavy atom. The van der Waals surface area contributed by atoms with Gasteiger partial charge in [0, 0.05) is 18.9 Å². The summed E-state index contributed by atoms with van der Waals surface area (Å²) in [5, 5.41) is 15.9. The zero-order valence-corrected chi connectivity index (χ0v) is 10.8. The zero-order chi connectivity index (χ0) is 14.9. The molecule has 2 rings (SSSR count). The number of aromatic nitrogens is 2. The van der Waals surface area contributed by atoms with Gasteiger partial charge < -0.3 is 5.32 Å². The molecule has 0 aliphatic heterocycles. The summed E-state index contributed by atoms with van der Waals surface area (Å²) in [6.07, 6.45) is -2.83. The van der Waals surface area contributed by atoms with E-state index in [4.69, 9.17) is 5.26 Å². The first-order valence-corrected chi connectivity index (χ1v) is 5.70. The van der Waals surface area contributed by atoms with Crippen LogP contribution in [0.2, 0.25) is 0 Å². The van der Waals surface area contributed by atoms with E-state index in [1.807, 2.05) is 0 Å². The van der Waals surface area contributed by atoms with Gasteiger partial charge in [-0.1, -0.05) is 0 Å². The van der Waals surface area contributed by atoms with Gasteiger partial charge in [-0.15, -0.1) is 0 Å². The van der Waals surface area contributed by atoms with Crippen LogP contribution in [0.1, 0.15) is 16.8 Å². The molecule has 0 bridgehead atoms. The molecule has 0 aliphatic rings. The Hall–Kier alpha value is -2.49. The van der Waals surface area contributed by atoms with E-state index >= 15 is 0 Å². The lowest BCUT2D eigenvalue weighted by molar-refractivity contribution is -0.137. The number of halogens is 3. The van der Waals surface area contributed by atoms with Gasteiger partial charge in [0.15, 0.2) is 0 Å². The summed E-state index contributed by atoms with van der Waals surface area (Å²) >= 11 is 0. The molecule has 0 atom stereocenters. The van der Waals surface area contributed by atoms with Crippen LogP contribution in [-0.2, 0) is 13.2 Å². The first kappa shape index (κ1) is 13.9. The van der Waals surface area contributed by atoms with E-state index < -0.39 is 17.3 Å². The van der Waals surface area contributed by atoms with Crippen LogP contribution in [-0.4, -0.2) is 9.78 Å². The monoisotopic (exact) mass is 280 g/mol. The van der Waals surface area contributed by atoms with Crippen LogP contribution in [0.15, 0.2) is 24.4 Å². The Morgan fingerprint density at radius 3 is 2.55 bits per heavy atom. The van der Waals surface area contributed by atoms with Gasteiger partial charge in [0.1, 0.15) is 0 Å². The fourth-order valence-corrected chi connectivity index (χ4v) is 1.84. The molecule has 0 spiro atoms. The van der Waals surface area contributed by atoms with Gasteiger partial charge in [-0.25, -0.2) is 0 Å². The number of nitriles is 1. The fourth-order valence-electron chi connectivity index (χ4n) is 1.84. The second-order valence-electron chi connectivity index (χ2n) is 4.30. The summed E-state index contributed by atoms with van der Waals surface area (Å²) in [7, 11) is 1.74. The molecule has 104 valence electrons. The Kier molecular flexibility index (Phi) is 3.40. The standard InChI is InChI=1S/C13H11F3N4/c1-8-12(7-20(2)19-8)18-10-3-4-11(13(14,15)16)9(5-10)6-17/h3-5,7,18H,1-2H3. The highest BCUT2D eigenvalue weighted by molar-refractivity contribution is 5.63. The maximum atomic E-state index is 12.7. The van der Waals surface area contributed by atoms with Crippen molar-refractivity contribution < 1.29 is 13.2 Å². The summed E-state index contributed by atoms with van der Waals surface area (Å²) in [4.78, 5) is 0. The van der Waals surface area contributed by atoms with Crippen LogP contribution in [0.3, 0.4) is 0 Å². The predicted octanol–water partition coefficient (Wildman–Crippen LogP) is 3.36. The quantitative estimate of drug-likeness (QED) is 0.917. The van der Waals surface area contributed by atoms with Crippen LogP contribution in [0.25, 0.3) is 0 Å². The van der Waals surface area contributed by atoms with Crippen LogP contribution < -0.4 is 5.32 Å². The van der Waals surface area contributed by atoms with E-state index in [1.165, 1.54) is 12.1 Å². The number of rotatable bonds is 2. The SMILES string of the molecule is Cc1nn(C)cc1Nc1ccc(C(F)(F)F)c(C#N)c1. The minimum Gasteiger partial charge on any atom is -0.353 e. The number of hydrogen-bond donors (Lipinski definition) is 1. The topological polar surface area (TPSA) is 53.6 Å². The van der Waals surface area contributed by atoms with Crippen LogP contribution in [0, 0.1) is 18.3 Å². The molecule has 0 radical (unpaired) electrons. The number of benzene rings is 1. The number of aryl methyl sites for hydroxylation is 2. The molecule has 1 N–H and O–H groups in total. The van der Waals surface area contributed by atoms with E-state index in [2.05, 4.69) is 10.4 Å². The lowest BCUT2D eigenvalue weighted by Gasteiger charge is -2.11. The van der Waals surface area contributed by atoms with Crippen molar-refractivity contribution in [1.29, 1.82) is 5.26 Å². The van der Waals surface area contributed by atoms with E-state index in [1.54, 1.807) is 30.9 Å². The third-order valence-electron chi connectivity index (χ3n) is 2.74. The maximum Gasteiger partial charge on any atom is 0.417 e. The molecule has 7 heteroatoms. The second-order valence-corrected chi connectivity index (χ2v) is 4.30. The highest BCUT2D eigenvalue weighted by Crippen LogP contribution is 2.33. The van der Waals surface area contributed by atoms with Crippen LogP contribution in [0.4, 0.5) is 24.5 Å². The minimum absolute atomic E-state index is 0.408. The molecule has 20 heavy (non-hydrogen) atoms. The van der Waals surface area contributed by atoms with Gasteiger partial charge in [-0.3, -0.25) is 4.68 Å². The second kappa shape index (κ2) is 4.89. The molecule has 2 aromatic rings.